The highest BCUT2D eigenvalue weighted by Crippen LogP contribution is 2.30. The van der Waals surface area contributed by atoms with E-state index < -0.39 is 0 Å². The summed E-state index contributed by atoms with van der Waals surface area (Å²) in [5.74, 6) is 0.113. The van der Waals surface area contributed by atoms with Gasteiger partial charge in [-0.25, -0.2) is 0 Å². The van der Waals surface area contributed by atoms with Crippen LogP contribution in [0.25, 0.3) is 0 Å². The number of hydrogen-bond donors (Lipinski definition) is 1. The predicted octanol–water partition coefficient (Wildman–Crippen LogP) is 2.67. The monoisotopic (exact) mass is 249 g/mol. The van der Waals surface area contributed by atoms with Crippen molar-refractivity contribution in [3.05, 3.63) is 40.7 Å². The minimum atomic E-state index is -0.213. The highest BCUT2D eigenvalue weighted by atomic mass is 32.1. The van der Waals surface area contributed by atoms with E-state index in [2.05, 4.69) is 5.32 Å². The summed E-state index contributed by atoms with van der Waals surface area (Å²) in [6.07, 6.45) is 2.41. The van der Waals surface area contributed by atoms with Crippen LogP contribution in [0.3, 0.4) is 0 Å². The van der Waals surface area contributed by atoms with Crippen molar-refractivity contribution in [2.24, 2.45) is 0 Å². The van der Waals surface area contributed by atoms with Crippen molar-refractivity contribution in [2.45, 2.75) is 13.0 Å². The van der Waals surface area contributed by atoms with Gasteiger partial charge in [-0.05, 0) is 30.2 Å². The van der Waals surface area contributed by atoms with Crippen molar-refractivity contribution in [2.75, 3.05) is 11.9 Å². The molecule has 0 atom stereocenters. The molecule has 5 heteroatoms. The highest BCUT2D eigenvalue weighted by Gasteiger charge is 2.16. The van der Waals surface area contributed by atoms with Crippen LogP contribution in [-0.2, 0) is 17.8 Å². The van der Waals surface area contributed by atoms with Crippen molar-refractivity contribution in [1.82, 2.24) is 0 Å². The summed E-state index contributed by atoms with van der Waals surface area (Å²) < 4.78 is 10.4. The number of carbonyl (C=O) groups excluding carboxylic acids is 1. The molecule has 3 rings (SSSR count). The number of ether oxygens (including phenoxy) is 1. The van der Waals surface area contributed by atoms with Crippen LogP contribution in [0.1, 0.15) is 21.0 Å². The fraction of sp³-hybridized carbons (Fsp3) is 0.250. The van der Waals surface area contributed by atoms with Gasteiger partial charge in [-0.3, -0.25) is 4.79 Å². The Morgan fingerprint density at radius 3 is 3.18 bits per heavy atom. The number of hydrogen-bond acceptors (Lipinski definition) is 4. The Balaban J connectivity index is 1.77. The molecule has 0 spiro atoms. The third-order valence-corrected chi connectivity index (χ3v) is 3.69. The Bertz CT molecular complexity index is 506. The molecule has 0 aliphatic carbocycles. The van der Waals surface area contributed by atoms with Crippen molar-refractivity contribution >= 4 is 22.2 Å². The zero-order valence-electron chi connectivity index (χ0n) is 9.06. The number of thiophene rings is 1. The molecule has 1 N–H and O–H groups in total. The van der Waals surface area contributed by atoms with Gasteiger partial charge in [0.2, 0.25) is 0 Å². The van der Waals surface area contributed by atoms with Crippen LogP contribution in [0, 0.1) is 0 Å². The van der Waals surface area contributed by atoms with Gasteiger partial charge < -0.3 is 14.5 Å². The van der Waals surface area contributed by atoms with Crippen LogP contribution in [-0.4, -0.2) is 12.5 Å². The molecule has 1 amide bonds. The molecular formula is C12H11NO3S. The lowest BCUT2D eigenvalue weighted by Crippen LogP contribution is -2.09. The largest absolute Gasteiger partial charge is 0.459 e. The summed E-state index contributed by atoms with van der Waals surface area (Å²) in [7, 11) is 0. The molecule has 17 heavy (non-hydrogen) atoms. The Labute approximate surface area is 102 Å². The SMILES string of the molecule is O=C(Nc1cc2c(s1)COCC2)c1ccco1. The number of nitrogens with one attached hydrogen (secondary N) is 1. The minimum absolute atomic E-state index is 0.213. The van der Waals surface area contributed by atoms with E-state index in [1.54, 1.807) is 23.5 Å². The number of furan rings is 1. The molecule has 0 saturated carbocycles. The van der Waals surface area contributed by atoms with E-state index in [1.165, 1.54) is 16.7 Å². The first-order chi connectivity index (χ1) is 8.33. The summed E-state index contributed by atoms with van der Waals surface area (Å²) in [5, 5.41) is 3.68. The molecule has 0 aromatic carbocycles. The zero-order chi connectivity index (χ0) is 11.7. The van der Waals surface area contributed by atoms with E-state index in [9.17, 15) is 4.79 Å². The van der Waals surface area contributed by atoms with E-state index in [0.717, 1.165) is 18.0 Å². The molecule has 0 fully saturated rings. The lowest BCUT2D eigenvalue weighted by molar-refractivity contribution is 0.0997. The van der Waals surface area contributed by atoms with Crippen LogP contribution in [0.5, 0.6) is 0 Å². The Kier molecular flexibility index (Phi) is 2.70. The summed E-state index contributed by atoms with van der Waals surface area (Å²) in [6, 6.07) is 5.36. The van der Waals surface area contributed by atoms with Crippen molar-refractivity contribution < 1.29 is 13.9 Å². The normalized spacial score (nSPS) is 14.4. The molecular weight excluding hydrogens is 238 g/mol. The lowest BCUT2D eigenvalue weighted by atomic mass is 10.2. The van der Waals surface area contributed by atoms with E-state index >= 15 is 0 Å². The van der Waals surface area contributed by atoms with Gasteiger partial charge in [-0.1, -0.05) is 0 Å². The second-order valence-corrected chi connectivity index (χ2v) is 4.93. The summed E-state index contributed by atoms with van der Waals surface area (Å²) in [5.41, 5.74) is 1.27. The van der Waals surface area contributed by atoms with Crippen LogP contribution < -0.4 is 5.32 Å². The van der Waals surface area contributed by atoms with E-state index in [1.807, 2.05) is 6.07 Å². The van der Waals surface area contributed by atoms with Crippen LogP contribution >= 0.6 is 11.3 Å². The fourth-order valence-electron chi connectivity index (χ4n) is 1.79. The third-order valence-electron chi connectivity index (χ3n) is 2.63. The molecule has 0 bridgehead atoms. The second-order valence-electron chi connectivity index (χ2n) is 3.79. The molecule has 2 aromatic heterocycles. The minimum Gasteiger partial charge on any atom is -0.459 e. The van der Waals surface area contributed by atoms with Gasteiger partial charge in [0, 0.05) is 4.88 Å². The highest BCUT2D eigenvalue weighted by molar-refractivity contribution is 7.16. The maximum absolute atomic E-state index is 11.8. The topological polar surface area (TPSA) is 51.5 Å². The van der Waals surface area contributed by atoms with Crippen LogP contribution in [0.2, 0.25) is 0 Å². The van der Waals surface area contributed by atoms with Gasteiger partial charge in [0.25, 0.3) is 5.91 Å². The average molecular weight is 249 g/mol. The zero-order valence-corrected chi connectivity index (χ0v) is 9.88. The number of anilines is 1. The van der Waals surface area contributed by atoms with Gasteiger partial charge in [0.1, 0.15) is 0 Å². The average Bonchev–Trinajstić information content (AvgIpc) is 2.97. The van der Waals surface area contributed by atoms with E-state index in [4.69, 9.17) is 9.15 Å². The molecule has 0 saturated heterocycles. The number of fused-ring (bicyclic) bond motifs is 1. The summed E-state index contributed by atoms with van der Waals surface area (Å²) >= 11 is 1.56. The molecule has 88 valence electrons. The van der Waals surface area contributed by atoms with Gasteiger partial charge in [-0.15, -0.1) is 11.3 Å². The second kappa shape index (κ2) is 4.35. The summed E-state index contributed by atoms with van der Waals surface area (Å²) in [4.78, 5) is 13.0. The van der Waals surface area contributed by atoms with Gasteiger partial charge >= 0.3 is 0 Å². The van der Waals surface area contributed by atoms with Crippen molar-refractivity contribution in [3.63, 3.8) is 0 Å². The van der Waals surface area contributed by atoms with E-state index in [-0.39, 0.29) is 5.91 Å². The maximum Gasteiger partial charge on any atom is 0.291 e. The fourth-order valence-corrected chi connectivity index (χ4v) is 2.83. The first kappa shape index (κ1) is 10.6. The van der Waals surface area contributed by atoms with Crippen LogP contribution in [0.15, 0.2) is 28.9 Å². The first-order valence-electron chi connectivity index (χ1n) is 5.37. The lowest BCUT2D eigenvalue weighted by Gasteiger charge is -2.10. The number of rotatable bonds is 2. The number of carbonyl (C=O) groups is 1. The molecule has 0 unspecified atom stereocenters. The third kappa shape index (κ3) is 2.11. The first-order valence-corrected chi connectivity index (χ1v) is 6.19. The Morgan fingerprint density at radius 2 is 2.41 bits per heavy atom. The van der Waals surface area contributed by atoms with Gasteiger partial charge in [0.05, 0.1) is 24.5 Å². The van der Waals surface area contributed by atoms with E-state index in [0.29, 0.717) is 12.4 Å². The summed E-state index contributed by atoms with van der Waals surface area (Å²) in [6.45, 7) is 1.41. The van der Waals surface area contributed by atoms with Crippen molar-refractivity contribution in [3.8, 4) is 0 Å². The standard InChI is InChI=1S/C12H11NO3S/c14-12(9-2-1-4-16-9)13-11-6-8-3-5-15-7-10(8)17-11/h1-2,4,6H,3,5,7H2,(H,13,14). The maximum atomic E-state index is 11.8. The Morgan fingerprint density at radius 1 is 1.47 bits per heavy atom. The smallest absolute Gasteiger partial charge is 0.291 e. The van der Waals surface area contributed by atoms with Gasteiger partial charge in [-0.2, -0.15) is 0 Å². The predicted molar refractivity (Wildman–Crippen MR) is 64.3 cm³/mol. The molecule has 0 radical (unpaired) electrons. The molecule has 2 aromatic rings. The quantitative estimate of drug-likeness (QED) is 0.890. The molecule has 1 aliphatic heterocycles. The van der Waals surface area contributed by atoms with Crippen molar-refractivity contribution in [1.29, 1.82) is 0 Å². The Hall–Kier alpha value is -1.59. The number of amides is 1. The molecule has 1 aliphatic rings. The van der Waals surface area contributed by atoms with Crippen LogP contribution in [0.4, 0.5) is 5.00 Å². The van der Waals surface area contributed by atoms with Gasteiger partial charge in [0.15, 0.2) is 5.76 Å². The molecule has 3 heterocycles. The molecule has 4 nitrogen and oxygen atoms in total.